The Morgan fingerprint density at radius 3 is 2.81 bits per heavy atom. The average Bonchev–Trinajstić information content (AvgIpc) is 2.93. The van der Waals surface area contributed by atoms with E-state index < -0.39 is 5.60 Å². The predicted octanol–water partition coefficient (Wildman–Crippen LogP) is 4.62. The molecule has 0 bridgehead atoms. The molecule has 0 spiro atoms. The van der Waals surface area contributed by atoms with E-state index in [4.69, 9.17) is 0 Å². The average molecular weight is 364 g/mol. The molecule has 1 aromatic heterocycles. The number of fused-ring (bicyclic) bond motifs is 5. The van der Waals surface area contributed by atoms with Gasteiger partial charge in [-0.1, -0.05) is 19.1 Å². The lowest BCUT2D eigenvalue weighted by molar-refractivity contribution is -0.102. The third-order valence-electron chi connectivity index (χ3n) is 8.23. The summed E-state index contributed by atoms with van der Waals surface area (Å²) < 4.78 is 0. The molecule has 2 fully saturated rings. The summed E-state index contributed by atoms with van der Waals surface area (Å²) in [6, 6.07) is 12.0. The van der Waals surface area contributed by atoms with Gasteiger partial charge in [0.15, 0.2) is 0 Å². The van der Waals surface area contributed by atoms with Crippen molar-refractivity contribution in [3.8, 4) is 5.75 Å². The Kier molecular flexibility index (Phi) is 3.87. The highest BCUT2D eigenvalue weighted by atomic mass is 16.3. The summed E-state index contributed by atoms with van der Waals surface area (Å²) in [4.78, 5) is 4.49. The van der Waals surface area contributed by atoms with E-state index in [1.807, 2.05) is 36.5 Å². The van der Waals surface area contributed by atoms with Crippen molar-refractivity contribution in [1.82, 2.24) is 4.98 Å². The molecule has 27 heavy (non-hydrogen) atoms. The lowest BCUT2D eigenvalue weighted by atomic mass is 9.53. The summed E-state index contributed by atoms with van der Waals surface area (Å²) in [5.74, 6) is 2.20. The molecule has 5 atom stereocenters. The fourth-order valence-corrected chi connectivity index (χ4v) is 6.77. The summed E-state index contributed by atoms with van der Waals surface area (Å²) in [7, 11) is 0. The molecule has 1 heterocycles. The van der Waals surface area contributed by atoms with Gasteiger partial charge in [0.1, 0.15) is 5.75 Å². The van der Waals surface area contributed by atoms with E-state index in [0.29, 0.717) is 29.9 Å². The molecule has 3 heteroatoms. The van der Waals surface area contributed by atoms with Gasteiger partial charge in [-0.05, 0) is 97.1 Å². The van der Waals surface area contributed by atoms with Gasteiger partial charge in [-0.2, -0.15) is 0 Å². The second kappa shape index (κ2) is 6.07. The van der Waals surface area contributed by atoms with Crippen LogP contribution in [-0.4, -0.2) is 20.8 Å². The van der Waals surface area contributed by atoms with Gasteiger partial charge in [-0.3, -0.25) is 4.98 Å². The van der Waals surface area contributed by atoms with Crippen molar-refractivity contribution in [2.75, 3.05) is 0 Å². The van der Waals surface area contributed by atoms with Gasteiger partial charge in [0.2, 0.25) is 0 Å². The number of hydrogen-bond donors (Lipinski definition) is 2. The molecule has 2 aromatic rings. The van der Waals surface area contributed by atoms with Gasteiger partial charge in [-0.25, -0.2) is 0 Å². The number of nitrogens with zero attached hydrogens (tertiary/aromatic N) is 1. The fraction of sp³-hybridized carbons (Fsp3) is 0.542. The van der Waals surface area contributed by atoms with Crippen molar-refractivity contribution < 1.29 is 10.2 Å². The van der Waals surface area contributed by atoms with Crippen LogP contribution in [-0.2, 0) is 12.8 Å². The minimum Gasteiger partial charge on any atom is -0.508 e. The Morgan fingerprint density at radius 1 is 1.11 bits per heavy atom. The number of rotatable bonds is 2. The minimum atomic E-state index is -0.647. The molecular formula is C24H29NO2. The fourth-order valence-electron chi connectivity index (χ4n) is 6.77. The van der Waals surface area contributed by atoms with Crippen molar-refractivity contribution in [3.05, 3.63) is 59.4 Å². The summed E-state index contributed by atoms with van der Waals surface area (Å²) in [5, 5.41) is 21.6. The standard InChI is InChI=1S/C24H29NO2/c1-23-11-9-20-19-8-6-18(26)14-16(19)5-7-21(20)22(23)10-12-24(23,27)15-17-4-2-3-13-25-17/h2-4,6,8,13-14,20-22,26-27H,5,7,9-12,15H2,1H3/t20?,21?,22?,23-,24+/m0/s1. The summed E-state index contributed by atoms with van der Waals surface area (Å²) in [5.41, 5.74) is 3.12. The van der Waals surface area contributed by atoms with Crippen LogP contribution < -0.4 is 0 Å². The van der Waals surface area contributed by atoms with Crippen LogP contribution in [0, 0.1) is 17.3 Å². The molecule has 3 aliphatic carbocycles. The Morgan fingerprint density at radius 2 is 2.00 bits per heavy atom. The van der Waals surface area contributed by atoms with E-state index in [-0.39, 0.29) is 5.41 Å². The van der Waals surface area contributed by atoms with Crippen LogP contribution in [0.1, 0.15) is 61.8 Å². The molecule has 0 aliphatic heterocycles. The summed E-state index contributed by atoms with van der Waals surface area (Å²) in [6.45, 7) is 2.34. The van der Waals surface area contributed by atoms with Crippen molar-refractivity contribution in [3.63, 3.8) is 0 Å². The number of benzene rings is 1. The molecule has 0 amide bonds. The van der Waals surface area contributed by atoms with Crippen molar-refractivity contribution in [2.24, 2.45) is 17.3 Å². The third-order valence-corrected chi connectivity index (χ3v) is 8.23. The van der Waals surface area contributed by atoms with Gasteiger partial charge in [0, 0.05) is 18.3 Å². The lowest BCUT2D eigenvalue weighted by Gasteiger charge is -2.53. The van der Waals surface area contributed by atoms with Gasteiger partial charge < -0.3 is 10.2 Å². The molecular weight excluding hydrogens is 334 g/mol. The maximum Gasteiger partial charge on any atom is 0.115 e. The molecule has 3 unspecified atom stereocenters. The molecule has 3 aliphatic rings. The maximum atomic E-state index is 11.7. The van der Waals surface area contributed by atoms with E-state index in [0.717, 1.165) is 37.8 Å². The molecule has 2 N–H and O–H groups in total. The van der Waals surface area contributed by atoms with Crippen molar-refractivity contribution in [1.29, 1.82) is 0 Å². The first-order chi connectivity index (χ1) is 13.0. The predicted molar refractivity (Wildman–Crippen MR) is 106 cm³/mol. The summed E-state index contributed by atoms with van der Waals surface area (Å²) >= 11 is 0. The van der Waals surface area contributed by atoms with Gasteiger partial charge in [0.25, 0.3) is 0 Å². The zero-order valence-electron chi connectivity index (χ0n) is 16.1. The highest BCUT2D eigenvalue weighted by Gasteiger charge is 2.61. The molecule has 3 nitrogen and oxygen atoms in total. The largest absolute Gasteiger partial charge is 0.508 e. The molecule has 0 radical (unpaired) electrons. The molecule has 142 valence electrons. The Bertz CT molecular complexity index is 851. The van der Waals surface area contributed by atoms with E-state index in [9.17, 15) is 10.2 Å². The quantitative estimate of drug-likeness (QED) is 0.819. The number of aromatic nitrogens is 1. The van der Waals surface area contributed by atoms with E-state index in [1.165, 1.54) is 17.5 Å². The number of hydrogen-bond acceptors (Lipinski definition) is 3. The monoisotopic (exact) mass is 363 g/mol. The zero-order valence-corrected chi connectivity index (χ0v) is 16.1. The Labute approximate surface area is 161 Å². The van der Waals surface area contributed by atoms with Gasteiger partial charge in [-0.15, -0.1) is 0 Å². The molecule has 5 rings (SSSR count). The molecule has 0 saturated heterocycles. The summed E-state index contributed by atoms with van der Waals surface area (Å²) in [6.07, 6.45) is 8.95. The van der Waals surface area contributed by atoms with Crippen molar-refractivity contribution in [2.45, 2.75) is 63.4 Å². The second-order valence-electron chi connectivity index (χ2n) is 9.32. The highest BCUT2D eigenvalue weighted by Crippen LogP contribution is 2.64. The van der Waals surface area contributed by atoms with Crippen LogP contribution in [0.5, 0.6) is 5.75 Å². The molecule has 1 aromatic carbocycles. The van der Waals surface area contributed by atoms with E-state index in [1.54, 1.807) is 0 Å². The molecule has 2 saturated carbocycles. The van der Waals surface area contributed by atoms with Crippen molar-refractivity contribution >= 4 is 0 Å². The first-order valence-corrected chi connectivity index (χ1v) is 10.4. The SMILES string of the molecule is C[C@]12CCC3c4ccc(O)cc4CCC3C1CC[C@@]2(O)Cc1ccccn1. The number of pyridine rings is 1. The maximum absolute atomic E-state index is 11.7. The van der Waals surface area contributed by atoms with Crippen LogP contribution >= 0.6 is 0 Å². The Balaban J connectivity index is 1.45. The van der Waals surface area contributed by atoms with E-state index >= 15 is 0 Å². The smallest absolute Gasteiger partial charge is 0.115 e. The third kappa shape index (κ3) is 2.55. The normalized spacial score (nSPS) is 37.3. The zero-order chi connectivity index (χ0) is 18.6. The number of aliphatic hydroxyl groups is 1. The van der Waals surface area contributed by atoms with Gasteiger partial charge in [0.05, 0.1) is 5.60 Å². The van der Waals surface area contributed by atoms with E-state index in [2.05, 4.69) is 18.0 Å². The first-order valence-electron chi connectivity index (χ1n) is 10.4. The highest BCUT2D eigenvalue weighted by molar-refractivity contribution is 5.40. The van der Waals surface area contributed by atoms with Crippen LogP contribution in [0.15, 0.2) is 42.6 Å². The topological polar surface area (TPSA) is 53.4 Å². The van der Waals surface area contributed by atoms with Crippen LogP contribution in [0.4, 0.5) is 0 Å². The van der Waals surface area contributed by atoms with Gasteiger partial charge >= 0.3 is 0 Å². The minimum absolute atomic E-state index is 0.0277. The van der Waals surface area contributed by atoms with Crippen LogP contribution in [0.25, 0.3) is 0 Å². The first kappa shape index (κ1) is 17.2. The lowest BCUT2D eigenvalue weighted by Crippen LogP contribution is -2.52. The number of phenolic OH excluding ortho intramolecular Hbond substituents is 1. The number of aromatic hydroxyl groups is 1. The van der Waals surface area contributed by atoms with Crippen LogP contribution in [0.3, 0.4) is 0 Å². The Hall–Kier alpha value is -1.87. The van der Waals surface area contributed by atoms with Crippen LogP contribution in [0.2, 0.25) is 0 Å². The number of phenols is 1. The number of aryl methyl sites for hydroxylation is 1. The second-order valence-corrected chi connectivity index (χ2v) is 9.32.